The van der Waals surface area contributed by atoms with Crippen LogP contribution in [0.3, 0.4) is 0 Å². The van der Waals surface area contributed by atoms with Gasteiger partial charge in [0.25, 0.3) is 5.56 Å². The Bertz CT molecular complexity index is 1050. The third-order valence-electron chi connectivity index (χ3n) is 3.90. The zero-order valence-corrected chi connectivity index (χ0v) is 16.9. The number of aromatic nitrogens is 2. The molecule has 0 amide bonds. The molecule has 0 aliphatic carbocycles. The third kappa shape index (κ3) is 6.87. The molecular formula is C20H19F5N2O5. The fraction of sp³-hybridized carbons (Fsp3) is 0.350. The standard InChI is InChI=1S/C20H19F5N2O5/c1-12(29)3-8-16-13(2)26-18(32-10-19(21,22)9-28)27(17(16)30)14-4-6-15(7-5-14)31-11-20(23,24)25/h3-8,28H,9-11H2,1-2H3/b8-3-. The van der Waals surface area contributed by atoms with Gasteiger partial charge in [0.15, 0.2) is 19.0 Å². The van der Waals surface area contributed by atoms with Crippen LogP contribution in [0, 0.1) is 6.92 Å². The van der Waals surface area contributed by atoms with Crippen LogP contribution in [-0.4, -0.2) is 52.4 Å². The molecule has 0 unspecified atom stereocenters. The summed E-state index contributed by atoms with van der Waals surface area (Å²) in [5.74, 6) is -4.12. The maximum absolute atomic E-state index is 13.4. The highest BCUT2D eigenvalue weighted by atomic mass is 19.4. The van der Waals surface area contributed by atoms with Crippen LogP contribution in [-0.2, 0) is 4.79 Å². The molecule has 174 valence electrons. The van der Waals surface area contributed by atoms with Gasteiger partial charge in [0.1, 0.15) is 12.4 Å². The molecule has 0 aliphatic heterocycles. The molecule has 2 rings (SSSR count). The summed E-state index contributed by atoms with van der Waals surface area (Å²) in [5, 5.41) is 8.72. The van der Waals surface area contributed by atoms with E-state index < -0.39 is 43.5 Å². The van der Waals surface area contributed by atoms with Crippen LogP contribution in [0.25, 0.3) is 11.8 Å². The Labute approximate surface area is 178 Å². The van der Waals surface area contributed by atoms with Gasteiger partial charge in [0.2, 0.25) is 0 Å². The van der Waals surface area contributed by atoms with Crippen molar-refractivity contribution in [2.75, 3.05) is 19.8 Å². The number of allylic oxidation sites excluding steroid dienone is 1. The van der Waals surface area contributed by atoms with Gasteiger partial charge >= 0.3 is 18.1 Å². The molecule has 0 saturated heterocycles. The van der Waals surface area contributed by atoms with Crippen molar-refractivity contribution in [3.63, 3.8) is 0 Å². The van der Waals surface area contributed by atoms with Gasteiger partial charge in [-0.25, -0.2) is 18.3 Å². The molecule has 0 saturated carbocycles. The number of halogens is 5. The maximum atomic E-state index is 13.4. The van der Waals surface area contributed by atoms with Crippen LogP contribution in [0.5, 0.6) is 11.8 Å². The maximum Gasteiger partial charge on any atom is 0.422 e. The SMILES string of the molecule is CC(=O)/C=C\c1c(C)nc(OCC(F)(F)CO)n(-c2ccc(OCC(F)(F)F)cc2)c1=O. The molecule has 0 radical (unpaired) electrons. The van der Waals surface area contributed by atoms with Crippen molar-refractivity contribution in [1.29, 1.82) is 0 Å². The van der Waals surface area contributed by atoms with Crippen molar-refractivity contribution in [2.24, 2.45) is 0 Å². The summed E-state index contributed by atoms with van der Waals surface area (Å²) in [5.41, 5.74) is -0.696. The van der Waals surface area contributed by atoms with Gasteiger partial charge in [0.05, 0.1) is 16.9 Å². The fourth-order valence-corrected chi connectivity index (χ4v) is 2.41. The molecule has 0 fully saturated rings. The predicted molar refractivity (Wildman–Crippen MR) is 103 cm³/mol. The molecule has 2 aromatic rings. The van der Waals surface area contributed by atoms with Crippen molar-refractivity contribution in [2.45, 2.75) is 25.9 Å². The van der Waals surface area contributed by atoms with Crippen molar-refractivity contribution >= 4 is 11.9 Å². The molecule has 1 N–H and O–H groups in total. The molecule has 1 heterocycles. The van der Waals surface area contributed by atoms with E-state index in [-0.39, 0.29) is 28.5 Å². The van der Waals surface area contributed by atoms with E-state index in [0.29, 0.717) is 0 Å². The number of hydrogen-bond acceptors (Lipinski definition) is 6. The number of hydrogen-bond donors (Lipinski definition) is 1. The Morgan fingerprint density at radius 3 is 2.28 bits per heavy atom. The second-order valence-electron chi connectivity index (χ2n) is 6.68. The van der Waals surface area contributed by atoms with Crippen LogP contribution in [0.4, 0.5) is 22.0 Å². The van der Waals surface area contributed by atoms with Crippen LogP contribution in [0.2, 0.25) is 0 Å². The van der Waals surface area contributed by atoms with Crippen molar-refractivity contribution < 1.29 is 41.3 Å². The smallest absolute Gasteiger partial charge is 0.422 e. The molecule has 12 heteroatoms. The summed E-state index contributed by atoms with van der Waals surface area (Å²) in [4.78, 5) is 28.3. The first kappa shape index (κ1) is 25.0. The topological polar surface area (TPSA) is 90.7 Å². The molecule has 1 aromatic carbocycles. The minimum atomic E-state index is -4.55. The Balaban J connectivity index is 2.52. The Hall–Kier alpha value is -3.28. The fourth-order valence-electron chi connectivity index (χ4n) is 2.41. The number of ketones is 1. The van der Waals surface area contributed by atoms with E-state index in [2.05, 4.69) is 9.72 Å². The van der Waals surface area contributed by atoms with E-state index in [0.717, 1.165) is 22.8 Å². The number of nitrogens with zero attached hydrogens (tertiary/aromatic N) is 2. The number of alkyl halides is 5. The monoisotopic (exact) mass is 462 g/mol. The first-order valence-electron chi connectivity index (χ1n) is 9.07. The molecule has 0 bridgehead atoms. The van der Waals surface area contributed by atoms with Gasteiger partial charge < -0.3 is 14.6 Å². The lowest BCUT2D eigenvalue weighted by molar-refractivity contribution is -0.153. The molecule has 32 heavy (non-hydrogen) atoms. The number of aliphatic hydroxyl groups excluding tert-OH is 1. The first-order valence-corrected chi connectivity index (χ1v) is 9.07. The number of carbonyl (C=O) groups excluding carboxylic acids is 1. The number of carbonyl (C=O) groups is 1. The minimum absolute atomic E-state index is 0.0288. The van der Waals surface area contributed by atoms with E-state index in [1.807, 2.05) is 0 Å². The van der Waals surface area contributed by atoms with E-state index in [9.17, 15) is 31.5 Å². The second-order valence-corrected chi connectivity index (χ2v) is 6.68. The summed E-state index contributed by atoms with van der Waals surface area (Å²) < 4.78 is 74.2. The molecule has 0 aliphatic rings. The first-order chi connectivity index (χ1) is 14.8. The Morgan fingerprint density at radius 1 is 1.12 bits per heavy atom. The highest BCUT2D eigenvalue weighted by molar-refractivity contribution is 5.91. The van der Waals surface area contributed by atoms with Crippen LogP contribution in [0.15, 0.2) is 35.1 Å². The van der Waals surface area contributed by atoms with E-state index in [1.54, 1.807) is 0 Å². The summed E-state index contributed by atoms with van der Waals surface area (Å²) in [7, 11) is 0. The quantitative estimate of drug-likeness (QED) is 0.455. The number of benzene rings is 1. The summed E-state index contributed by atoms with van der Waals surface area (Å²) >= 11 is 0. The van der Waals surface area contributed by atoms with Crippen LogP contribution in [0.1, 0.15) is 18.2 Å². The Morgan fingerprint density at radius 2 is 1.75 bits per heavy atom. The lowest BCUT2D eigenvalue weighted by Crippen LogP contribution is -2.32. The normalized spacial score (nSPS) is 12.2. The number of aryl methyl sites for hydroxylation is 1. The Kier molecular flexibility index (Phi) is 7.73. The average Bonchev–Trinajstić information content (AvgIpc) is 2.70. The van der Waals surface area contributed by atoms with E-state index >= 15 is 0 Å². The highest BCUT2D eigenvalue weighted by Gasteiger charge is 2.30. The summed E-state index contributed by atoms with van der Waals surface area (Å²) in [6, 6.07) is 4.17. The molecule has 0 spiro atoms. The zero-order valence-electron chi connectivity index (χ0n) is 16.9. The number of aliphatic hydroxyl groups is 1. The van der Waals surface area contributed by atoms with Crippen molar-refractivity contribution in [3.8, 4) is 17.4 Å². The number of rotatable bonds is 9. The van der Waals surface area contributed by atoms with E-state index in [1.165, 1.54) is 32.1 Å². The van der Waals surface area contributed by atoms with Crippen LogP contribution < -0.4 is 15.0 Å². The van der Waals surface area contributed by atoms with Gasteiger partial charge in [0, 0.05) is 0 Å². The second kappa shape index (κ2) is 9.90. The minimum Gasteiger partial charge on any atom is -0.484 e. The van der Waals surface area contributed by atoms with Gasteiger partial charge in [-0.05, 0) is 50.3 Å². The van der Waals surface area contributed by atoms with Crippen LogP contribution >= 0.6 is 0 Å². The molecule has 7 nitrogen and oxygen atoms in total. The molecular weight excluding hydrogens is 443 g/mol. The lowest BCUT2D eigenvalue weighted by atomic mass is 10.2. The summed E-state index contributed by atoms with van der Waals surface area (Å²) in [6.07, 6.45) is -2.23. The lowest BCUT2D eigenvalue weighted by Gasteiger charge is -2.18. The van der Waals surface area contributed by atoms with Gasteiger partial charge in [-0.15, -0.1) is 0 Å². The number of ether oxygens (including phenoxy) is 2. The van der Waals surface area contributed by atoms with Gasteiger partial charge in [-0.3, -0.25) is 9.59 Å². The third-order valence-corrected chi connectivity index (χ3v) is 3.90. The highest BCUT2D eigenvalue weighted by Crippen LogP contribution is 2.23. The van der Waals surface area contributed by atoms with Gasteiger partial charge in [-0.2, -0.15) is 13.2 Å². The summed E-state index contributed by atoms with van der Waals surface area (Å²) in [6.45, 7) is -1.66. The molecule has 0 atom stereocenters. The largest absolute Gasteiger partial charge is 0.484 e. The average molecular weight is 462 g/mol. The van der Waals surface area contributed by atoms with Crippen molar-refractivity contribution in [3.05, 3.63) is 52.0 Å². The van der Waals surface area contributed by atoms with Gasteiger partial charge in [-0.1, -0.05) is 0 Å². The zero-order chi connectivity index (χ0) is 24.1. The predicted octanol–water partition coefficient (Wildman–Crippen LogP) is 3.09. The van der Waals surface area contributed by atoms with E-state index in [4.69, 9.17) is 9.84 Å². The molecule has 1 aromatic heterocycles. The van der Waals surface area contributed by atoms with Crippen molar-refractivity contribution in [1.82, 2.24) is 9.55 Å².